The van der Waals surface area contributed by atoms with E-state index in [1.165, 1.54) is 16.8 Å². The zero-order valence-corrected chi connectivity index (χ0v) is 12.7. The summed E-state index contributed by atoms with van der Waals surface area (Å²) in [7, 11) is 0. The van der Waals surface area contributed by atoms with E-state index >= 15 is 0 Å². The zero-order valence-electron chi connectivity index (χ0n) is 12.7. The normalized spacial score (nSPS) is 17.0. The molecule has 110 valence electrons. The Kier molecular flexibility index (Phi) is 4.63. The lowest BCUT2D eigenvalue weighted by Crippen LogP contribution is -2.45. The Labute approximate surface area is 127 Å². The van der Waals surface area contributed by atoms with Crippen LogP contribution in [0.4, 0.5) is 0 Å². The molecule has 2 heterocycles. The molecule has 0 bridgehead atoms. The molecule has 0 radical (unpaired) electrons. The molecule has 3 heteroatoms. The summed E-state index contributed by atoms with van der Waals surface area (Å²) in [5.41, 5.74) is 3.94. The number of rotatable bonds is 4. The molecule has 0 aliphatic carbocycles. The highest BCUT2D eigenvalue weighted by Crippen LogP contribution is 2.11. The Balaban J connectivity index is 1.49. The molecule has 0 spiro atoms. The van der Waals surface area contributed by atoms with Crippen molar-refractivity contribution in [3.8, 4) is 0 Å². The van der Waals surface area contributed by atoms with E-state index in [-0.39, 0.29) is 0 Å². The Morgan fingerprint density at radius 2 is 1.67 bits per heavy atom. The van der Waals surface area contributed by atoms with Crippen LogP contribution in [0.25, 0.3) is 0 Å². The van der Waals surface area contributed by atoms with Crippen molar-refractivity contribution < 1.29 is 0 Å². The van der Waals surface area contributed by atoms with Gasteiger partial charge in [0.2, 0.25) is 0 Å². The van der Waals surface area contributed by atoms with Crippen molar-refractivity contribution in [2.45, 2.75) is 20.0 Å². The number of hydrogen-bond acceptors (Lipinski definition) is 3. The third-order valence-corrected chi connectivity index (χ3v) is 4.07. The summed E-state index contributed by atoms with van der Waals surface area (Å²) in [5, 5.41) is 0. The van der Waals surface area contributed by atoms with Gasteiger partial charge in [-0.2, -0.15) is 0 Å². The minimum Gasteiger partial charge on any atom is -0.297 e. The average molecular weight is 281 g/mol. The third kappa shape index (κ3) is 4.13. The standard InChI is InChI=1S/C18H23N3/c1-16-5-4-6-17(13-16)14-20-9-11-21(12-10-20)15-18-7-2-3-8-19-18/h2-8,13H,9-12,14-15H2,1H3. The van der Waals surface area contributed by atoms with E-state index in [2.05, 4.69) is 58.1 Å². The van der Waals surface area contributed by atoms with Gasteiger partial charge in [-0.3, -0.25) is 14.8 Å². The molecule has 1 aromatic carbocycles. The molecule has 0 N–H and O–H groups in total. The van der Waals surface area contributed by atoms with Gasteiger partial charge in [0.05, 0.1) is 5.69 Å². The van der Waals surface area contributed by atoms with E-state index in [9.17, 15) is 0 Å². The molecule has 1 aliphatic heterocycles. The van der Waals surface area contributed by atoms with Crippen molar-refractivity contribution >= 4 is 0 Å². The minimum absolute atomic E-state index is 0.971. The van der Waals surface area contributed by atoms with Gasteiger partial charge in [0, 0.05) is 45.5 Å². The molecule has 1 saturated heterocycles. The molecule has 1 aliphatic rings. The van der Waals surface area contributed by atoms with Crippen LogP contribution in [-0.2, 0) is 13.1 Å². The molecule has 2 aromatic rings. The fraction of sp³-hybridized carbons (Fsp3) is 0.389. The van der Waals surface area contributed by atoms with E-state index in [0.717, 1.165) is 39.3 Å². The van der Waals surface area contributed by atoms with Crippen LogP contribution in [0.15, 0.2) is 48.7 Å². The fourth-order valence-corrected chi connectivity index (χ4v) is 2.89. The van der Waals surface area contributed by atoms with E-state index in [1.54, 1.807) is 0 Å². The lowest BCUT2D eigenvalue weighted by Gasteiger charge is -2.34. The number of piperazine rings is 1. The third-order valence-electron chi connectivity index (χ3n) is 4.07. The highest BCUT2D eigenvalue weighted by molar-refractivity contribution is 5.22. The van der Waals surface area contributed by atoms with Gasteiger partial charge in [0.25, 0.3) is 0 Å². The Morgan fingerprint density at radius 3 is 2.33 bits per heavy atom. The Hall–Kier alpha value is -1.71. The summed E-state index contributed by atoms with van der Waals surface area (Å²) in [5.74, 6) is 0. The summed E-state index contributed by atoms with van der Waals surface area (Å²) in [6, 6.07) is 15.0. The second kappa shape index (κ2) is 6.83. The first-order valence-corrected chi connectivity index (χ1v) is 7.70. The van der Waals surface area contributed by atoms with E-state index in [1.807, 2.05) is 12.3 Å². The number of aryl methyl sites for hydroxylation is 1. The topological polar surface area (TPSA) is 19.4 Å². The molecule has 0 amide bonds. The van der Waals surface area contributed by atoms with Crippen molar-refractivity contribution in [3.63, 3.8) is 0 Å². The van der Waals surface area contributed by atoms with Crippen LogP contribution in [0, 0.1) is 6.92 Å². The van der Waals surface area contributed by atoms with Gasteiger partial charge in [0.15, 0.2) is 0 Å². The highest BCUT2D eigenvalue weighted by Gasteiger charge is 2.17. The van der Waals surface area contributed by atoms with Crippen LogP contribution in [0.3, 0.4) is 0 Å². The maximum Gasteiger partial charge on any atom is 0.0543 e. The maximum atomic E-state index is 4.41. The first kappa shape index (κ1) is 14.2. The number of nitrogens with zero attached hydrogens (tertiary/aromatic N) is 3. The number of aromatic nitrogens is 1. The largest absolute Gasteiger partial charge is 0.297 e. The maximum absolute atomic E-state index is 4.41. The fourth-order valence-electron chi connectivity index (χ4n) is 2.89. The molecule has 1 aromatic heterocycles. The van der Waals surface area contributed by atoms with Crippen LogP contribution in [0.1, 0.15) is 16.8 Å². The van der Waals surface area contributed by atoms with Crippen LogP contribution < -0.4 is 0 Å². The van der Waals surface area contributed by atoms with Gasteiger partial charge in [-0.15, -0.1) is 0 Å². The molecule has 1 fully saturated rings. The lowest BCUT2D eigenvalue weighted by molar-refractivity contribution is 0.121. The SMILES string of the molecule is Cc1cccc(CN2CCN(Cc3ccccn3)CC2)c1. The number of benzene rings is 1. The Morgan fingerprint density at radius 1 is 0.905 bits per heavy atom. The quantitative estimate of drug-likeness (QED) is 0.859. The van der Waals surface area contributed by atoms with E-state index in [4.69, 9.17) is 0 Å². The lowest BCUT2D eigenvalue weighted by atomic mass is 10.1. The van der Waals surface area contributed by atoms with Crippen molar-refractivity contribution in [1.29, 1.82) is 0 Å². The molecule has 0 atom stereocenters. The van der Waals surface area contributed by atoms with Gasteiger partial charge in [-0.25, -0.2) is 0 Å². The van der Waals surface area contributed by atoms with Crippen LogP contribution >= 0.6 is 0 Å². The van der Waals surface area contributed by atoms with Crippen LogP contribution in [-0.4, -0.2) is 41.0 Å². The molecule has 0 saturated carbocycles. The molecular weight excluding hydrogens is 258 g/mol. The van der Waals surface area contributed by atoms with Gasteiger partial charge < -0.3 is 0 Å². The molecule has 3 rings (SSSR count). The summed E-state index contributed by atoms with van der Waals surface area (Å²) in [6.45, 7) is 8.73. The molecule has 0 unspecified atom stereocenters. The van der Waals surface area contributed by atoms with Crippen molar-refractivity contribution in [2.24, 2.45) is 0 Å². The van der Waals surface area contributed by atoms with Gasteiger partial charge in [-0.05, 0) is 24.6 Å². The van der Waals surface area contributed by atoms with Gasteiger partial charge >= 0.3 is 0 Å². The smallest absolute Gasteiger partial charge is 0.0543 e. The summed E-state index contributed by atoms with van der Waals surface area (Å²) in [4.78, 5) is 9.45. The summed E-state index contributed by atoms with van der Waals surface area (Å²) >= 11 is 0. The van der Waals surface area contributed by atoms with Crippen molar-refractivity contribution in [1.82, 2.24) is 14.8 Å². The minimum atomic E-state index is 0.971. The predicted octanol–water partition coefficient (Wildman–Crippen LogP) is 2.71. The van der Waals surface area contributed by atoms with Gasteiger partial charge in [-0.1, -0.05) is 35.9 Å². The van der Waals surface area contributed by atoms with Crippen molar-refractivity contribution in [3.05, 3.63) is 65.5 Å². The van der Waals surface area contributed by atoms with Crippen LogP contribution in [0.5, 0.6) is 0 Å². The zero-order chi connectivity index (χ0) is 14.5. The number of hydrogen-bond donors (Lipinski definition) is 0. The first-order valence-electron chi connectivity index (χ1n) is 7.70. The second-order valence-electron chi connectivity index (χ2n) is 5.86. The van der Waals surface area contributed by atoms with Crippen LogP contribution in [0.2, 0.25) is 0 Å². The van der Waals surface area contributed by atoms with Gasteiger partial charge in [0.1, 0.15) is 0 Å². The predicted molar refractivity (Wildman–Crippen MR) is 86.0 cm³/mol. The average Bonchev–Trinajstić information content (AvgIpc) is 2.50. The molecule has 3 nitrogen and oxygen atoms in total. The van der Waals surface area contributed by atoms with E-state index in [0.29, 0.717) is 0 Å². The summed E-state index contributed by atoms with van der Waals surface area (Å²) in [6.07, 6.45) is 1.88. The van der Waals surface area contributed by atoms with Crippen molar-refractivity contribution in [2.75, 3.05) is 26.2 Å². The second-order valence-corrected chi connectivity index (χ2v) is 5.86. The summed E-state index contributed by atoms with van der Waals surface area (Å²) < 4.78 is 0. The molecular formula is C18H23N3. The highest BCUT2D eigenvalue weighted by atomic mass is 15.3. The molecule has 21 heavy (non-hydrogen) atoms. The van der Waals surface area contributed by atoms with E-state index < -0.39 is 0 Å². The number of pyridine rings is 1. The first-order chi connectivity index (χ1) is 10.3. The monoisotopic (exact) mass is 281 g/mol. The Bertz CT molecular complexity index is 560.